The summed E-state index contributed by atoms with van der Waals surface area (Å²) in [5.41, 5.74) is 2.56. The van der Waals surface area contributed by atoms with E-state index in [4.69, 9.17) is 10.6 Å². The zero-order valence-electron chi connectivity index (χ0n) is 11.2. The van der Waals surface area contributed by atoms with Crippen LogP contribution in [0.1, 0.15) is 33.1 Å². The lowest BCUT2D eigenvalue weighted by atomic mass is 10.1. The first-order valence-electron chi connectivity index (χ1n) is 6.36. The normalized spacial score (nSPS) is 23.2. The monoisotopic (exact) mass is 251 g/mol. The minimum Gasteiger partial charge on any atom is -0.490 e. The number of ether oxygens (including phenoxy) is 1. The molecule has 0 aliphatic carbocycles. The van der Waals surface area contributed by atoms with Gasteiger partial charge in [-0.25, -0.2) is 15.8 Å². The molecule has 0 aromatic carbocycles. The number of methoxy groups -OCH3 is 1. The molecule has 1 aliphatic heterocycles. The van der Waals surface area contributed by atoms with Crippen molar-refractivity contribution in [3.05, 3.63) is 6.33 Å². The summed E-state index contributed by atoms with van der Waals surface area (Å²) < 4.78 is 5.41. The van der Waals surface area contributed by atoms with Gasteiger partial charge in [-0.1, -0.05) is 6.92 Å². The van der Waals surface area contributed by atoms with E-state index >= 15 is 0 Å². The summed E-state index contributed by atoms with van der Waals surface area (Å²) >= 11 is 0. The van der Waals surface area contributed by atoms with E-state index in [-0.39, 0.29) is 0 Å². The van der Waals surface area contributed by atoms with Gasteiger partial charge in [0.2, 0.25) is 5.75 Å². The lowest BCUT2D eigenvalue weighted by Crippen LogP contribution is -2.35. The van der Waals surface area contributed by atoms with Gasteiger partial charge in [0, 0.05) is 12.1 Å². The summed E-state index contributed by atoms with van der Waals surface area (Å²) in [4.78, 5) is 10.8. The number of aromatic nitrogens is 2. The van der Waals surface area contributed by atoms with Gasteiger partial charge in [-0.3, -0.25) is 0 Å². The molecule has 2 heterocycles. The lowest BCUT2D eigenvalue weighted by molar-refractivity contribution is 0.410. The van der Waals surface area contributed by atoms with E-state index in [0.29, 0.717) is 23.7 Å². The van der Waals surface area contributed by atoms with Gasteiger partial charge >= 0.3 is 0 Å². The van der Waals surface area contributed by atoms with Crippen LogP contribution in [0.15, 0.2) is 6.33 Å². The molecule has 2 atom stereocenters. The van der Waals surface area contributed by atoms with Gasteiger partial charge in [-0.05, 0) is 26.2 Å². The van der Waals surface area contributed by atoms with Crippen molar-refractivity contribution < 1.29 is 4.74 Å². The molecular weight excluding hydrogens is 230 g/mol. The highest BCUT2D eigenvalue weighted by atomic mass is 16.5. The molecule has 6 nitrogen and oxygen atoms in total. The third-order valence-electron chi connectivity index (χ3n) is 3.63. The molecule has 6 heteroatoms. The van der Waals surface area contributed by atoms with Gasteiger partial charge in [-0.15, -0.1) is 0 Å². The molecule has 2 rings (SSSR count). The van der Waals surface area contributed by atoms with E-state index in [9.17, 15) is 0 Å². The Hall–Kier alpha value is -1.56. The van der Waals surface area contributed by atoms with E-state index in [2.05, 4.69) is 34.1 Å². The summed E-state index contributed by atoms with van der Waals surface area (Å²) in [6, 6.07) is 0.971. The Bertz CT molecular complexity index is 411. The number of anilines is 2. The lowest BCUT2D eigenvalue weighted by Gasteiger charge is -2.30. The van der Waals surface area contributed by atoms with Gasteiger partial charge in [-0.2, -0.15) is 0 Å². The van der Waals surface area contributed by atoms with E-state index in [1.165, 1.54) is 19.2 Å². The van der Waals surface area contributed by atoms with Crippen LogP contribution in [0.25, 0.3) is 0 Å². The fraction of sp³-hybridized carbons (Fsp3) is 0.667. The molecule has 1 aromatic rings. The van der Waals surface area contributed by atoms with Gasteiger partial charge in [0.1, 0.15) is 6.33 Å². The predicted octanol–water partition coefficient (Wildman–Crippen LogP) is 1.54. The van der Waals surface area contributed by atoms with Gasteiger partial charge in [0.15, 0.2) is 11.6 Å². The van der Waals surface area contributed by atoms with Crippen LogP contribution in [0.5, 0.6) is 5.75 Å². The van der Waals surface area contributed by atoms with E-state index in [1.807, 2.05) is 0 Å². The maximum atomic E-state index is 5.46. The highest BCUT2D eigenvalue weighted by Crippen LogP contribution is 2.38. The van der Waals surface area contributed by atoms with Crippen LogP contribution in [0.2, 0.25) is 0 Å². The highest BCUT2D eigenvalue weighted by Gasteiger charge is 2.33. The molecule has 18 heavy (non-hydrogen) atoms. The van der Waals surface area contributed by atoms with Crippen molar-refractivity contribution in [2.24, 2.45) is 5.84 Å². The van der Waals surface area contributed by atoms with Crippen molar-refractivity contribution in [2.45, 2.75) is 45.2 Å². The van der Waals surface area contributed by atoms with Gasteiger partial charge in [0.25, 0.3) is 0 Å². The number of nitrogens with one attached hydrogen (secondary N) is 1. The quantitative estimate of drug-likeness (QED) is 0.624. The first-order valence-corrected chi connectivity index (χ1v) is 6.36. The maximum absolute atomic E-state index is 5.46. The fourth-order valence-electron chi connectivity index (χ4n) is 2.69. The summed E-state index contributed by atoms with van der Waals surface area (Å²) in [5.74, 6) is 7.43. The molecular formula is C12H21N5O. The molecule has 0 spiro atoms. The summed E-state index contributed by atoms with van der Waals surface area (Å²) in [7, 11) is 1.62. The maximum Gasteiger partial charge on any atom is 0.205 e. The number of nitrogens with zero attached hydrogens (tertiary/aromatic N) is 3. The van der Waals surface area contributed by atoms with Gasteiger partial charge < -0.3 is 15.1 Å². The Morgan fingerprint density at radius 1 is 1.50 bits per heavy atom. The number of rotatable bonds is 4. The van der Waals surface area contributed by atoms with Crippen molar-refractivity contribution in [2.75, 3.05) is 17.4 Å². The van der Waals surface area contributed by atoms with Crippen LogP contribution in [0.4, 0.5) is 11.6 Å². The average molecular weight is 251 g/mol. The van der Waals surface area contributed by atoms with E-state index in [0.717, 1.165) is 12.2 Å². The molecule has 1 saturated heterocycles. The van der Waals surface area contributed by atoms with Crippen LogP contribution in [0.3, 0.4) is 0 Å². The van der Waals surface area contributed by atoms with Crippen LogP contribution in [0, 0.1) is 0 Å². The van der Waals surface area contributed by atoms with Gasteiger partial charge in [0.05, 0.1) is 7.11 Å². The van der Waals surface area contributed by atoms with Crippen LogP contribution >= 0.6 is 0 Å². The average Bonchev–Trinajstić information content (AvgIpc) is 2.78. The Kier molecular flexibility index (Phi) is 3.86. The van der Waals surface area contributed by atoms with Crippen LogP contribution in [-0.4, -0.2) is 29.2 Å². The number of nitrogen functional groups attached to an aromatic ring is 1. The molecule has 0 saturated carbocycles. The van der Waals surface area contributed by atoms with Crippen molar-refractivity contribution in [1.82, 2.24) is 9.97 Å². The van der Waals surface area contributed by atoms with Crippen molar-refractivity contribution >= 4 is 11.6 Å². The number of nitrogens with two attached hydrogens (primary N) is 1. The summed E-state index contributed by atoms with van der Waals surface area (Å²) in [6.07, 6.45) is 4.99. The molecule has 0 bridgehead atoms. The second-order valence-corrected chi connectivity index (χ2v) is 4.62. The zero-order valence-corrected chi connectivity index (χ0v) is 11.2. The number of hydrogen-bond acceptors (Lipinski definition) is 6. The van der Waals surface area contributed by atoms with E-state index < -0.39 is 0 Å². The molecule has 1 aromatic heterocycles. The largest absolute Gasteiger partial charge is 0.490 e. The van der Waals surface area contributed by atoms with Crippen molar-refractivity contribution in [3.8, 4) is 5.75 Å². The minimum absolute atomic E-state index is 0.462. The predicted molar refractivity (Wildman–Crippen MR) is 71.6 cm³/mol. The second-order valence-electron chi connectivity index (χ2n) is 4.62. The molecule has 100 valence electrons. The topological polar surface area (TPSA) is 76.3 Å². The standard InChI is InChI=1S/C12H21N5O/c1-4-9-6-5-8(2)17(9)12-10(18-3)11(16-13)14-7-15-12/h7-9H,4-6,13H2,1-3H3,(H,14,15,16). The molecule has 3 N–H and O–H groups in total. The summed E-state index contributed by atoms with van der Waals surface area (Å²) in [6.45, 7) is 4.41. The Labute approximate surface area is 108 Å². The number of hydrogen-bond donors (Lipinski definition) is 2. The molecule has 1 fully saturated rings. The van der Waals surface area contributed by atoms with E-state index in [1.54, 1.807) is 7.11 Å². The fourth-order valence-corrected chi connectivity index (χ4v) is 2.69. The smallest absolute Gasteiger partial charge is 0.205 e. The SMILES string of the molecule is CCC1CCC(C)N1c1ncnc(NN)c1OC. The first kappa shape index (κ1) is 12.9. The Balaban J connectivity index is 2.43. The summed E-state index contributed by atoms with van der Waals surface area (Å²) in [5, 5.41) is 0. The van der Waals surface area contributed by atoms with Crippen molar-refractivity contribution in [1.29, 1.82) is 0 Å². The molecule has 2 unspecified atom stereocenters. The Morgan fingerprint density at radius 2 is 2.28 bits per heavy atom. The zero-order chi connectivity index (χ0) is 13.1. The highest BCUT2D eigenvalue weighted by molar-refractivity contribution is 5.65. The molecule has 0 radical (unpaired) electrons. The number of hydrazine groups is 1. The van der Waals surface area contributed by atoms with Crippen molar-refractivity contribution in [3.63, 3.8) is 0 Å². The second kappa shape index (κ2) is 5.39. The molecule has 1 aliphatic rings. The van der Waals surface area contributed by atoms with Crippen LogP contribution in [-0.2, 0) is 0 Å². The van der Waals surface area contributed by atoms with Crippen LogP contribution < -0.4 is 20.9 Å². The third-order valence-corrected chi connectivity index (χ3v) is 3.63. The third kappa shape index (κ3) is 2.08. The molecule has 0 amide bonds. The minimum atomic E-state index is 0.462. The Morgan fingerprint density at radius 3 is 2.89 bits per heavy atom. The first-order chi connectivity index (χ1) is 8.72.